The molecule has 1 saturated heterocycles. The van der Waals surface area contributed by atoms with E-state index in [-0.39, 0.29) is 0 Å². The Kier molecular flexibility index (Phi) is 7.68. The number of pyridine rings is 2. The minimum atomic E-state index is -0.720. The van der Waals surface area contributed by atoms with E-state index < -0.39 is 11.2 Å². The fourth-order valence-electron chi connectivity index (χ4n) is 3.86. The van der Waals surface area contributed by atoms with Gasteiger partial charge in [-0.05, 0) is 56.6 Å². The Morgan fingerprint density at radius 3 is 2.81 bits per heavy atom. The fraction of sp³-hybridized carbons (Fsp3) is 0.435. The summed E-state index contributed by atoms with van der Waals surface area (Å²) in [6, 6.07) is 5.79. The predicted octanol–water partition coefficient (Wildman–Crippen LogP) is 3.23. The smallest absolute Gasteiger partial charge is 0.235 e. The number of carbonyl (C=O) groups is 1. The highest BCUT2D eigenvalue weighted by Crippen LogP contribution is 2.42. The van der Waals surface area contributed by atoms with Gasteiger partial charge >= 0.3 is 0 Å². The van der Waals surface area contributed by atoms with Crippen LogP contribution in [0.2, 0.25) is 0 Å². The molecule has 3 heterocycles. The van der Waals surface area contributed by atoms with E-state index in [4.69, 9.17) is 17.3 Å². The second-order valence-corrected chi connectivity index (χ2v) is 8.89. The maximum absolute atomic E-state index is 12.4. The van der Waals surface area contributed by atoms with Crippen molar-refractivity contribution in [2.24, 2.45) is 5.73 Å². The Hall–Kier alpha value is -3.14. The van der Waals surface area contributed by atoms with Crippen molar-refractivity contribution in [1.82, 2.24) is 14.9 Å². The zero-order chi connectivity index (χ0) is 23.3. The van der Waals surface area contributed by atoms with Crippen LogP contribution in [-0.4, -0.2) is 54.0 Å². The zero-order valence-electron chi connectivity index (χ0n) is 18.6. The van der Waals surface area contributed by atoms with Crippen LogP contribution in [0.3, 0.4) is 0 Å². The zero-order valence-corrected chi connectivity index (χ0v) is 19.4. The quantitative estimate of drug-likeness (QED) is 0.533. The lowest BCUT2D eigenvalue weighted by Crippen LogP contribution is -2.30. The molecule has 0 radical (unpaired) electrons. The topological polar surface area (TPSA) is 104 Å². The minimum Gasteiger partial charge on any atom is -0.368 e. The number of hydrogen-bond acceptors (Lipinski definition) is 7. The van der Waals surface area contributed by atoms with Crippen LogP contribution in [0.25, 0.3) is 4.85 Å². The van der Waals surface area contributed by atoms with Crippen molar-refractivity contribution in [1.29, 1.82) is 5.26 Å². The van der Waals surface area contributed by atoms with Gasteiger partial charge in [0.25, 0.3) is 0 Å². The summed E-state index contributed by atoms with van der Waals surface area (Å²) >= 11 is 1.17. The second-order valence-electron chi connectivity index (χ2n) is 7.79. The number of hydrogen-bond donors (Lipinski definition) is 1. The summed E-state index contributed by atoms with van der Waals surface area (Å²) in [6.07, 6.45) is 3.12. The highest BCUT2D eigenvalue weighted by Gasteiger charge is 2.28. The molecule has 166 valence electrons. The molecule has 3 rings (SSSR count). The van der Waals surface area contributed by atoms with E-state index in [2.05, 4.69) is 32.7 Å². The van der Waals surface area contributed by atoms with E-state index in [1.165, 1.54) is 11.8 Å². The first-order valence-corrected chi connectivity index (χ1v) is 11.4. The molecule has 1 atom stereocenters. The number of nitrogens with zero attached hydrogens (tertiary/aromatic N) is 6. The van der Waals surface area contributed by atoms with Crippen molar-refractivity contribution in [2.75, 3.05) is 38.1 Å². The van der Waals surface area contributed by atoms with Gasteiger partial charge in [-0.1, -0.05) is 18.7 Å². The number of aromatic nitrogens is 2. The third-order valence-corrected chi connectivity index (χ3v) is 6.79. The molecule has 32 heavy (non-hydrogen) atoms. The maximum atomic E-state index is 12.4. The Balaban J connectivity index is 2.13. The van der Waals surface area contributed by atoms with Crippen molar-refractivity contribution < 1.29 is 4.79 Å². The number of nitrogens with two attached hydrogens (primary N) is 1. The van der Waals surface area contributed by atoms with E-state index in [0.29, 0.717) is 39.6 Å². The molecule has 0 aromatic carbocycles. The van der Waals surface area contributed by atoms with Gasteiger partial charge in [0, 0.05) is 31.5 Å². The van der Waals surface area contributed by atoms with Crippen LogP contribution >= 0.6 is 11.8 Å². The van der Waals surface area contributed by atoms with Gasteiger partial charge in [-0.2, -0.15) is 5.26 Å². The number of carbonyl (C=O) groups excluding carboxylic acids is 1. The summed E-state index contributed by atoms with van der Waals surface area (Å²) in [6.45, 7) is 14.9. The number of nitriles is 1. The molecule has 1 unspecified atom stereocenters. The molecule has 0 bridgehead atoms. The molecule has 8 nitrogen and oxygen atoms in total. The van der Waals surface area contributed by atoms with Crippen LogP contribution in [0.1, 0.15) is 41.0 Å². The first-order chi connectivity index (χ1) is 15.4. The Morgan fingerprint density at radius 1 is 1.41 bits per heavy atom. The van der Waals surface area contributed by atoms with Gasteiger partial charge in [0.15, 0.2) is 0 Å². The van der Waals surface area contributed by atoms with E-state index >= 15 is 0 Å². The molecule has 0 spiro atoms. The molecule has 9 heteroatoms. The third kappa shape index (κ3) is 5.01. The van der Waals surface area contributed by atoms with Crippen molar-refractivity contribution in [3.63, 3.8) is 0 Å². The van der Waals surface area contributed by atoms with Gasteiger partial charge in [-0.25, -0.2) is 9.83 Å². The van der Waals surface area contributed by atoms with Crippen molar-refractivity contribution in [3.8, 4) is 6.07 Å². The molecular weight excluding hydrogens is 422 g/mol. The van der Waals surface area contributed by atoms with E-state index in [1.54, 1.807) is 12.3 Å². The van der Waals surface area contributed by atoms with E-state index in [1.807, 2.05) is 19.9 Å². The average molecular weight is 450 g/mol. The molecule has 2 aromatic heterocycles. The highest BCUT2D eigenvalue weighted by atomic mass is 32.2. The fourth-order valence-corrected chi connectivity index (χ4v) is 4.91. The molecular formula is C23H27N7OS. The lowest BCUT2D eigenvalue weighted by atomic mass is 10.1. The normalized spacial score (nSPS) is 15.5. The molecule has 1 amide bonds. The van der Waals surface area contributed by atoms with Crippen LogP contribution in [-0.2, 0) is 11.2 Å². The summed E-state index contributed by atoms with van der Waals surface area (Å²) in [5, 5.41) is 9.66. The van der Waals surface area contributed by atoms with Crippen LogP contribution in [0, 0.1) is 24.8 Å². The van der Waals surface area contributed by atoms with E-state index in [9.17, 15) is 10.1 Å². The van der Waals surface area contributed by atoms with E-state index in [0.717, 1.165) is 38.3 Å². The number of likely N-dealkylation sites (N-methyl/N-ethyl adjacent to an activating group) is 1. The first kappa shape index (κ1) is 23.5. The standard InChI is InChI=1S/C23H27N7OS/c1-5-17-18(14-24)23(32-20(21(25)31)16-7-8-27-15(2)13-16)28-22(19(17)26-3)30-10-6-9-29(4)11-12-30/h7-8,13,20H,5-6,9-12H2,1-2,4H3,(H2,25,31). The van der Waals surface area contributed by atoms with Crippen molar-refractivity contribution in [3.05, 3.63) is 52.1 Å². The number of anilines is 1. The van der Waals surface area contributed by atoms with Crippen molar-refractivity contribution in [2.45, 2.75) is 37.0 Å². The van der Waals surface area contributed by atoms with Gasteiger partial charge in [0.05, 0.1) is 12.1 Å². The molecule has 1 aliphatic rings. The number of amides is 1. The summed E-state index contributed by atoms with van der Waals surface area (Å²) in [5.41, 5.74) is 8.67. The summed E-state index contributed by atoms with van der Waals surface area (Å²) in [7, 11) is 2.08. The Morgan fingerprint density at radius 2 is 2.19 bits per heavy atom. The van der Waals surface area contributed by atoms with Gasteiger partial charge in [0.1, 0.15) is 22.2 Å². The summed E-state index contributed by atoms with van der Waals surface area (Å²) < 4.78 is 0. The Bertz CT molecular complexity index is 1090. The van der Waals surface area contributed by atoms with Crippen LogP contribution < -0.4 is 10.6 Å². The Labute approximate surface area is 193 Å². The molecule has 0 aliphatic carbocycles. The van der Waals surface area contributed by atoms with Gasteiger partial charge in [-0.3, -0.25) is 9.78 Å². The molecule has 2 aromatic rings. The molecule has 1 fully saturated rings. The SMILES string of the molecule is [C-]#[N+]c1c(N2CCCN(C)CC2)nc(SC(C(N)=O)c2ccnc(C)c2)c(C#N)c1CC. The predicted molar refractivity (Wildman–Crippen MR) is 126 cm³/mol. The first-order valence-electron chi connectivity index (χ1n) is 10.6. The van der Waals surface area contributed by atoms with Gasteiger partial charge in [-0.15, -0.1) is 0 Å². The lowest BCUT2D eigenvalue weighted by molar-refractivity contribution is -0.117. The summed E-state index contributed by atoms with van der Waals surface area (Å²) in [5.74, 6) is 0.0688. The van der Waals surface area contributed by atoms with Crippen LogP contribution in [0.5, 0.6) is 0 Å². The second kappa shape index (κ2) is 10.4. The van der Waals surface area contributed by atoms with Crippen LogP contribution in [0.4, 0.5) is 11.5 Å². The van der Waals surface area contributed by atoms with Crippen LogP contribution in [0.15, 0.2) is 23.4 Å². The number of thioether (sulfide) groups is 1. The molecule has 1 aliphatic heterocycles. The largest absolute Gasteiger partial charge is 0.368 e. The number of rotatable bonds is 6. The third-order valence-electron chi connectivity index (χ3n) is 5.53. The van der Waals surface area contributed by atoms with Gasteiger partial charge in [0.2, 0.25) is 11.6 Å². The van der Waals surface area contributed by atoms with Crippen molar-refractivity contribution >= 4 is 29.2 Å². The number of aryl methyl sites for hydroxylation is 1. The van der Waals surface area contributed by atoms with Gasteiger partial charge < -0.3 is 15.5 Å². The average Bonchev–Trinajstić information content (AvgIpc) is 3.00. The monoisotopic (exact) mass is 449 g/mol. The maximum Gasteiger partial charge on any atom is 0.235 e. The molecule has 0 saturated carbocycles. The lowest BCUT2D eigenvalue weighted by Gasteiger charge is -2.26. The minimum absolute atomic E-state index is 0.344. The summed E-state index contributed by atoms with van der Waals surface area (Å²) in [4.78, 5) is 29.5. The molecule has 2 N–H and O–H groups in total. The number of primary amides is 1. The highest BCUT2D eigenvalue weighted by molar-refractivity contribution is 8.00.